The van der Waals surface area contributed by atoms with Gasteiger partial charge in [-0.05, 0) is 29.9 Å². The van der Waals surface area contributed by atoms with E-state index in [9.17, 15) is 0 Å². The fraction of sp³-hybridized carbons (Fsp3) is 0.200. The van der Waals surface area contributed by atoms with E-state index >= 15 is 0 Å². The van der Waals surface area contributed by atoms with Gasteiger partial charge in [0, 0.05) is 0 Å². The lowest BCUT2D eigenvalue weighted by Crippen LogP contribution is -1.74. The van der Waals surface area contributed by atoms with Crippen molar-refractivity contribution >= 4 is 29.7 Å². The number of nitrogens with zero attached hydrogens (tertiary/aromatic N) is 2. The van der Waals surface area contributed by atoms with E-state index in [4.69, 9.17) is 0 Å². The molecule has 72 valence electrons. The highest BCUT2D eigenvalue weighted by Crippen LogP contribution is 2.11. The molecule has 2 aromatic rings. The topological polar surface area (TPSA) is 41.6 Å². The number of aromatic nitrogens is 3. The Morgan fingerprint density at radius 1 is 1.29 bits per heavy atom. The monoisotopic (exact) mass is 205 g/mol. The van der Waals surface area contributed by atoms with Crippen LogP contribution in [0.4, 0.5) is 0 Å². The zero-order chi connectivity index (χ0) is 9.80. The third-order valence-corrected chi connectivity index (χ3v) is 2.20. The van der Waals surface area contributed by atoms with E-state index < -0.39 is 0 Å². The van der Waals surface area contributed by atoms with Crippen LogP contribution in [0.25, 0.3) is 17.1 Å². The van der Waals surface area contributed by atoms with Gasteiger partial charge in [0.2, 0.25) is 0 Å². The summed E-state index contributed by atoms with van der Waals surface area (Å²) in [6, 6.07) is 5.99. The summed E-state index contributed by atoms with van der Waals surface area (Å²) in [5.74, 6) is 0.878. The van der Waals surface area contributed by atoms with E-state index in [1.807, 2.05) is 18.2 Å². The first-order valence-corrected chi connectivity index (χ1v) is 5.11. The summed E-state index contributed by atoms with van der Waals surface area (Å²) in [5, 5.41) is 10.6. The Balaban J connectivity index is 2.25. The summed E-state index contributed by atoms with van der Waals surface area (Å²) in [6.07, 6.45) is 5.17. The van der Waals surface area contributed by atoms with Crippen LogP contribution in [-0.4, -0.2) is 21.2 Å². The van der Waals surface area contributed by atoms with Gasteiger partial charge in [-0.15, -0.1) is 0 Å². The van der Waals surface area contributed by atoms with Crippen molar-refractivity contribution in [1.29, 1.82) is 0 Å². The molecule has 0 saturated carbocycles. The maximum Gasteiger partial charge on any atom is 0.113 e. The van der Waals surface area contributed by atoms with Crippen molar-refractivity contribution in [2.75, 3.05) is 5.75 Å². The number of allylic oxidation sites excluding steroid dienone is 1. The minimum Gasteiger partial charge on any atom is -0.197 e. The lowest BCUT2D eigenvalue weighted by molar-refractivity contribution is 0.959. The molecule has 0 atom stereocenters. The van der Waals surface area contributed by atoms with E-state index in [-0.39, 0.29) is 0 Å². The number of fused-ring (bicyclic) bond motifs is 1. The first kappa shape index (κ1) is 9.27. The summed E-state index contributed by atoms with van der Waals surface area (Å²) in [4.78, 5) is 0. The van der Waals surface area contributed by atoms with Gasteiger partial charge < -0.3 is 0 Å². The molecule has 0 aliphatic carbocycles. The number of benzene rings is 1. The molecule has 0 amide bonds. The first-order chi connectivity index (χ1) is 6.90. The van der Waals surface area contributed by atoms with Crippen LogP contribution in [0.2, 0.25) is 0 Å². The molecule has 0 spiro atoms. The molecule has 3 nitrogen and oxygen atoms in total. The van der Waals surface area contributed by atoms with Crippen molar-refractivity contribution < 1.29 is 0 Å². The van der Waals surface area contributed by atoms with Gasteiger partial charge in [-0.3, -0.25) is 0 Å². The summed E-state index contributed by atoms with van der Waals surface area (Å²) in [7, 11) is 0. The maximum absolute atomic E-state index is 4.14. The molecule has 0 radical (unpaired) electrons. The lowest BCUT2D eigenvalue weighted by atomic mass is 10.2. The van der Waals surface area contributed by atoms with Gasteiger partial charge in [0.25, 0.3) is 0 Å². The molecule has 1 aromatic carbocycles. The highest BCUT2D eigenvalue weighted by Gasteiger charge is 1.96. The minimum absolute atomic E-state index is 0.878. The van der Waals surface area contributed by atoms with Gasteiger partial charge in [0.1, 0.15) is 11.0 Å². The van der Waals surface area contributed by atoms with Gasteiger partial charge in [-0.2, -0.15) is 28.0 Å². The van der Waals surface area contributed by atoms with Gasteiger partial charge in [0.15, 0.2) is 0 Å². The second-order valence-electron chi connectivity index (χ2n) is 2.99. The second kappa shape index (κ2) is 4.28. The Morgan fingerprint density at radius 3 is 3.00 bits per heavy atom. The molecule has 0 aliphatic heterocycles. The third-order valence-electron chi connectivity index (χ3n) is 1.95. The third kappa shape index (κ3) is 1.96. The fourth-order valence-corrected chi connectivity index (χ4v) is 1.40. The molecule has 14 heavy (non-hydrogen) atoms. The molecule has 0 saturated heterocycles. The zero-order valence-corrected chi connectivity index (χ0v) is 8.54. The van der Waals surface area contributed by atoms with Crippen molar-refractivity contribution in [2.45, 2.75) is 6.42 Å². The lowest BCUT2D eigenvalue weighted by Gasteiger charge is -1.91. The molecular formula is C10H11N3S. The zero-order valence-electron chi connectivity index (χ0n) is 7.64. The highest BCUT2D eigenvalue weighted by atomic mass is 32.1. The van der Waals surface area contributed by atoms with Gasteiger partial charge >= 0.3 is 0 Å². The number of aromatic amines is 1. The van der Waals surface area contributed by atoms with Crippen LogP contribution < -0.4 is 0 Å². The minimum atomic E-state index is 0.878. The highest BCUT2D eigenvalue weighted by molar-refractivity contribution is 7.80. The largest absolute Gasteiger partial charge is 0.197 e. The summed E-state index contributed by atoms with van der Waals surface area (Å²) in [5.41, 5.74) is 2.95. The van der Waals surface area contributed by atoms with Crippen molar-refractivity contribution in [3.05, 3.63) is 29.8 Å². The molecular weight excluding hydrogens is 194 g/mol. The number of hydrogen-bond donors (Lipinski definition) is 2. The standard InChI is InChI=1S/C10H11N3S/c14-6-2-1-3-8-4-5-9-10(7-8)12-13-11-9/h1,3-5,7,14H,2,6H2,(H,11,12,13). The van der Waals surface area contributed by atoms with Crippen molar-refractivity contribution in [1.82, 2.24) is 15.4 Å². The number of thiol groups is 1. The molecule has 1 heterocycles. The average Bonchev–Trinajstić information content (AvgIpc) is 2.65. The van der Waals surface area contributed by atoms with Gasteiger partial charge in [-0.1, -0.05) is 18.2 Å². The number of hydrogen-bond acceptors (Lipinski definition) is 3. The molecule has 4 heteroatoms. The molecule has 1 N–H and O–H groups in total. The van der Waals surface area contributed by atoms with Crippen LogP contribution in [0.1, 0.15) is 12.0 Å². The Labute approximate surface area is 87.6 Å². The molecule has 0 aliphatic rings. The van der Waals surface area contributed by atoms with E-state index in [0.29, 0.717) is 0 Å². The van der Waals surface area contributed by atoms with Gasteiger partial charge in [-0.25, -0.2) is 0 Å². The summed E-state index contributed by atoms with van der Waals surface area (Å²) >= 11 is 4.14. The normalized spacial score (nSPS) is 11.5. The quantitative estimate of drug-likeness (QED) is 0.755. The van der Waals surface area contributed by atoms with Crippen LogP contribution in [0, 0.1) is 0 Å². The SMILES string of the molecule is SCCC=Cc1ccc2n[nH]nc2c1. The maximum atomic E-state index is 4.14. The van der Waals surface area contributed by atoms with Crippen LogP contribution in [0.15, 0.2) is 24.3 Å². The van der Waals surface area contributed by atoms with E-state index in [1.54, 1.807) is 0 Å². The second-order valence-corrected chi connectivity index (χ2v) is 3.43. The molecule has 1 aromatic heterocycles. The molecule has 0 bridgehead atoms. The fourth-order valence-electron chi connectivity index (χ4n) is 1.25. The Morgan fingerprint density at radius 2 is 2.14 bits per heavy atom. The number of H-pyrrole nitrogens is 1. The van der Waals surface area contributed by atoms with Crippen LogP contribution >= 0.6 is 12.6 Å². The Bertz CT molecular complexity index is 447. The predicted octanol–water partition coefficient (Wildman–Crippen LogP) is 2.29. The number of nitrogens with one attached hydrogen (secondary N) is 1. The Hall–Kier alpha value is -1.29. The molecule has 0 unspecified atom stereocenters. The van der Waals surface area contributed by atoms with Crippen molar-refractivity contribution in [3.63, 3.8) is 0 Å². The smallest absolute Gasteiger partial charge is 0.113 e. The van der Waals surface area contributed by atoms with E-state index in [0.717, 1.165) is 28.8 Å². The average molecular weight is 205 g/mol. The summed E-state index contributed by atoms with van der Waals surface area (Å²) in [6.45, 7) is 0. The van der Waals surface area contributed by atoms with E-state index in [1.165, 1.54) is 0 Å². The first-order valence-electron chi connectivity index (χ1n) is 4.48. The van der Waals surface area contributed by atoms with Crippen LogP contribution in [0.5, 0.6) is 0 Å². The Kier molecular flexibility index (Phi) is 2.84. The predicted molar refractivity (Wildman–Crippen MR) is 61.4 cm³/mol. The molecule has 2 rings (SSSR count). The van der Waals surface area contributed by atoms with Crippen LogP contribution in [0.3, 0.4) is 0 Å². The summed E-state index contributed by atoms with van der Waals surface area (Å²) < 4.78 is 0. The number of rotatable bonds is 3. The van der Waals surface area contributed by atoms with E-state index in [2.05, 4.69) is 40.2 Å². The van der Waals surface area contributed by atoms with Gasteiger partial charge in [0.05, 0.1) is 0 Å². The van der Waals surface area contributed by atoms with Crippen molar-refractivity contribution in [2.24, 2.45) is 0 Å². The van der Waals surface area contributed by atoms with Crippen molar-refractivity contribution in [3.8, 4) is 0 Å². The molecule has 0 fully saturated rings. The van der Waals surface area contributed by atoms with Crippen LogP contribution in [-0.2, 0) is 0 Å².